The fourth-order valence-electron chi connectivity index (χ4n) is 1.53. The molecule has 0 saturated carbocycles. The third-order valence-electron chi connectivity index (χ3n) is 2.99. The molecule has 0 radical (unpaired) electrons. The van der Waals surface area contributed by atoms with Gasteiger partial charge in [-0.1, -0.05) is 66.8 Å². The van der Waals surface area contributed by atoms with Crippen LogP contribution in [0.1, 0.15) is 33.1 Å². The summed E-state index contributed by atoms with van der Waals surface area (Å²) in [6.07, 6.45) is 12.8. The first-order valence-electron chi connectivity index (χ1n) is 6.28. The second kappa shape index (κ2) is 11.5. The quantitative estimate of drug-likeness (QED) is 0.357. The Balaban J connectivity index is 3.88. The molecule has 0 bridgehead atoms. The minimum Gasteiger partial charge on any atom is -0.469 e. The van der Waals surface area contributed by atoms with E-state index >= 15 is 0 Å². The molecule has 102 valence electrons. The monoisotopic (exact) mass is 362 g/mol. The predicted octanol–water partition coefficient (Wildman–Crippen LogP) is 4.66. The lowest BCUT2D eigenvalue weighted by Gasteiger charge is -2.15. The maximum Gasteiger partial charge on any atom is 0.305 e. The van der Waals surface area contributed by atoms with E-state index in [0.29, 0.717) is 18.3 Å². The van der Waals surface area contributed by atoms with Crippen molar-refractivity contribution in [3.05, 3.63) is 34.5 Å². The predicted molar refractivity (Wildman–Crippen MR) is 85.6 cm³/mol. The van der Waals surface area contributed by atoms with Crippen LogP contribution >= 0.6 is 22.6 Å². The van der Waals surface area contributed by atoms with E-state index in [2.05, 4.69) is 53.3 Å². The van der Waals surface area contributed by atoms with Crippen molar-refractivity contribution in [2.75, 3.05) is 7.11 Å². The third kappa shape index (κ3) is 9.45. The highest BCUT2D eigenvalue weighted by atomic mass is 127. The van der Waals surface area contributed by atoms with Crippen molar-refractivity contribution in [3.8, 4) is 0 Å². The second-order valence-corrected chi connectivity index (χ2v) is 5.11. The average molecular weight is 362 g/mol. The maximum absolute atomic E-state index is 11.0. The molecule has 0 amide bonds. The smallest absolute Gasteiger partial charge is 0.305 e. The molecule has 2 nitrogen and oxygen atoms in total. The van der Waals surface area contributed by atoms with Crippen molar-refractivity contribution >= 4 is 28.6 Å². The van der Waals surface area contributed by atoms with Crippen LogP contribution in [0.3, 0.4) is 0 Å². The summed E-state index contributed by atoms with van der Waals surface area (Å²) >= 11 is 2.19. The molecular formula is C15H23IO2. The third-order valence-corrected chi connectivity index (χ3v) is 3.40. The van der Waals surface area contributed by atoms with E-state index in [1.807, 2.05) is 22.3 Å². The normalized spacial score (nSPS) is 15.6. The van der Waals surface area contributed by atoms with Crippen LogP contribution in [0.2, 0.25) is 0 Å². The molecule has 0 heterocycles. The Morgan fingerprint density at radius 2 is 1.89 bits per heavy atom. The van der Waals surface area contributed by atoms with Crippen molar-refractivity contribution in [2.45, 2.75) is 33.1 Å². The molecule has 0 rings (SSSR count). The Bertz CT molecular complexity index is 306. The zero-order chi connectivity index (χ0) is 13.8. The number of hydrogen-bond donors (Lipinski definition) is 0. The van der Waals surface area contributed by atoms with Crippen LogP contribution in [0.25, 0.3) is 0 Å². The summed E-state index contributed by atoms with van der Waals surface area (Å²) in [4.78, 5) is 11.0. The van der Waals surface area contributed by atoms with Gasteiger partial charge >= 0.3 is 5.97 Å². The van der Waals surface area contributed by atoms with Crippen LogP contribution in [-0.2, 0) is 9.53 Å². The Labute approximate surface area is 124 Å². The summed E-state index contributed by atoms with van der Waals surface area (Å²) in [5, 5.41) is 0. The molecule has 18 heavy (non-hydrogen) atoms. The van der Waals surface area contributed by atoms with Gasteiger partial charge in [0.25, 0.3) is 0 Å². The van der Waals surface area contributed by atoms with Crippen molar-refractivity contribution in [1.29, 1.82) is 0 Å². The summed E-state index contributed by atoms with van der Waals surface area (Å²) in [5.41, 5.74) is 0. The van der Waals surface area contributed by atoms with Crippen molar-refractivity contribution < 1.29 is 9.53 Å². The highest BCUT2D eigenvalue weighted by molar-refractivity contribution is 14.1. The first kappa shape index (κ1) is 17.4. The molecule has 0 fully saturated rings. The van der Waals surface area contributed by atoms with E-state index in [-0.39, 0.29) is 5.97 Å². The highest BCUT2D eigenvalue weighted by Crippen LogP contribution is 2.19. The summed E-state index contributed by atoms with van der Waals surface area (Å²) < 4.78 is 6.60. The van der Waals surface area contributed by atoms with Gasteiger partial charge in [0.1, 0.15) is 0 Å². The van der Waals surface area contributed by atoms with Gasteiger partial charge in [-0.25, -0.2) is 0 Å². The van der Waals surface area contributed by atoms with E-state index in [9.17, 15) is 4.79 Å². The Morgan fingerprint density at radius 3 is 2.50 bits per heavy atom. The SMILES string of the molecule is COC(=O)CCCC(C)C(C)/C=C/C=C/C=C/I. The fourth-order valence-corrected chi connectivity index (χ4v) is 1.77. The summed E-state index contributed by atoms with van der Waals surface area (Å²) in [6, 6.07) is 0. The maximum atomic E-state index is 11.0. The zero-order valence-electron chi connectivity index (χ0n) is 11.4. The summed E-state index contributed by atoms with van der Waals surface area (Å²) in [5.74, 6) is 0.995. The first-order valence-corrected chi connectivity index (χ1v) is 7.53. The second-order valence-electron chi connectivity index (χ2n) is 4.39. The zero-order valence-corrected chi connectivity index (χ0v) is 13.6. The largest absolute Gasteiger partial charge is 0.469 e. The van der Waals surface area contributed by atoms with Crippen LogP contribution in [0, 0.1) is 11.8 Å². The molecule has 2 atom stereocenters. The van der Waals surface area contributed by atoms with Crippen LogP contribution < -0.4 is 0 Å². The minimum atomic E-state index is -0.112. The molecule has 0 aliphatic carbocycles. The van der Waals surface area contributed by atoms with Crippen molar-refractivity contribution in [1.82, 2.24) is 0 Å². The molecular weight excluding hydrogens is 339 g/mol. The lowest BCUT2D eigenvalue weighted by molar-refractivity contribution is -0.140. The van der Waals surface area contributed by atoms with E-state index in [4.69, 9.17) is 0 Å². The topological polar surface area (TPSA) is 26.3 Å². The molecule has 0 saturated heterocycles. The number of esters is 1. The van der Waals surface area contributed by atoms with E-state index in [1.165, 1.54) is 7.11 Å². The van der Waals surface area contributed by atoms with E-state index in [0.717, 1.165) is 12.8 Å². The van der Waals surface area contributed by atoms with E-state index < -0.39 is 0 Å². The van der Waals surface area contributed by atoms with Crippen LogP contribution in [0.5, 0.6) is 0 Å². The van der Waals surface area contributed by atoms with Gasteiger partial charge in [-0.15, -0.1) is 0 Å². The molecule has 0 aromatic carbocycles. The number of methoxy groups -OCH3 is 1. The fraction of sp³-hybridized carbons (Fsp3) is 0.533. The molecule has 0 spiro atoms. The average Bonchev–Trinajstić information content (AvgIpc) is 2.37. The number of rotatable bonds is 8. The highest BCUT2D eigenvalue weighted by Gasteiger charge is 2.09. The van der Waals surface area contributed by atoms with Gasteiger partial charge in [0, 0.05) is 6.42 Å². The molecule has 0 aromatic heterocycles. The number of allylic oxidation sites excluding steroid dienone is 5. The van der Waals surface area contributed by atoms with Gasteiger partial charge in [0.05, 0.1) is 7.11 Å². The van der Waals surface area contributed by atoms with Gasteiger partial charge in [-0.05, 0) is 28.8 Å². The lowest BCUT2D eigenvalue weighted by Crippen LogP contribution is -2.07. The van der Waals surface area contributed by atoms with Gasteiger partial charge in [0.15, 0.2) is 0 Å². The number of ether oxygens (including phenoxy) is 1. The number of carbonyl (C=O) groups excluding carboxylic acids is 1. The standard InChI is InChI=1S/C15H23IO2/c1-13(9-6-4-5-7-12-16)14(2)10-8-11-15(17)18-3/h4-7,9,12-14H,8,10-11H2,1-3H3/b5-4+,9-6+,12-7+. The van der Waals surface area contributed by atoms with Crippen molar-refractivity contribution in [3.63, 3.8) is 0 Å². The van der Waals surface area contributed by atoms with Crippen LogP contribution in [0.4, 0.5) is 0 Å². The summed E-state index contributed by atoms with van der Waals surface area (Å²) in [7, 11) is 1.44. The van der Waals surface area contributed by atoms with Crippen molar-refractivity contribution in [2.24, 2.45) is 11.8 Å². The molecule has 3 heteroatoms. The minimum absolute atomic E-state index is 0.112. The molecule has 0 N–H and O–H groups in total. The summed E-state index contributed by atoms with van der Waals surface area (Å²) in [6.45, 7) is 4.43. The van der Waals surface area contributed by atoms with Crippen LogP contribution in [0.15, 0.2) is 34.5 Å². The van der Waals surface area contributed by atoms with Gasteiger partial charge in [-0.3, -0.25) is 4.79 Å². The molecule has 0 aliphatic heterocycles. The van der Waals surface area contributed by atoms with Gasteiger partial charge < -0.3 is 4.74 Å². The Morgan fingerprint density at radius 1 is 1.22 bits per heavy atom. The first-order chi connectivity index (χ1) is 8.61. The lowest BCUT2D eigenvalue weighted by atomic mass is 9.90. The van der Waals surface area contributed by atoms with Crippen LogP contribution in [-0.4, -0.2) is 13.1 Å². The number of hydrogen-bond acceptors (Lipinski definition) is 2. The molecule has 0 aromatic rings. The Kier molecular flexibility index (Phi) is 11.1. The Hall–Kier alpha value is -0.580. The molecule has 0 aliphatic rings. The number of halogens is 1. The number of carbonyl (C=O) groups is 1. The van der Waals surface area contributed by atoms with Gasteiger partial charge in [0.2, 0.25) is 0 Å². The van der Waals surface area contributed by atoms with E-state index in [1.54, 1.807) is 0 Å². The van der Waals surface area contributed by atoms with Gasteiger partial charge in [-0.2, -0.15) is 0 Å². The molecule has 2 unspecified atom stereocenters.